The van der Waals surface area contributed by atoms with E-state index in [1.54, 1.807) is 6.08 Å². The zero-order valence-electron chi connectivity index (χ0n) is 48.7. The SMILES string of the molecule is CCCCCCC/C=C\C/C=C\C/C=C\CCCCCCCCCCCCCCCCCCCCC(=O)NC(CO)C(O)/C=C/CC/C=C/CCCCCCCCCCCCCCCCCCCCCCC. The van der Waals surface area contributed by atoms with Crippen molar-refractivity contribution in [2.45, 2.75) is 360 Å². The van der Waals surface area contributed by atoms with Crippen molar-refractivity contribution in [1.82, 2.24) is 5.32 Å². The number of rotatable bonds is 60. The van der Waals surface area contributed by atoms with Crippen LogP contribution in [0.3, 0.4) is 0 Å². The third-order valence-electron chi connectivity index (χ3n) is 15.0. The molecule has 0 aliphatic heterocycles. The predicted octanol–water partition coefficient (Wildman–Crippen LogP) is 21.9. The van der Waals surface area contributed by atoms with Crippen LogP contribution >= 0.6 is 0 Å². The van der Waals surface area contributed by atoms with Gasteiger partial charge in [-0.2, -0.15) is 0 Å². The number of carbonyl (C=O) groups excluding carboxylic acids is 1. The molecule has 0 aromatic carbocycles. The van der Waals surface area contributed by atoms with Crippen LogP contribution in [0.25, 0.3) is 0 Å². The molecular weight excluding hydrogens is 879 g/mol. The lowest BCUT2D eigenvalue weighted by Crippen LogP contribution is -2.45. The molecule has 422 valence electrons. The monoisotopic (exact) mass is 1010 g/mol. The van der Waals surface area contributed by atoms with E-state index < -0.39 is 12.1 Å². The van der Waals surface area contributed by atoms with Gasteiger partial charge in [-0.1, -0.05) is 331 Å². The number of aliphatic hydroxyl groups excluding tert-OH is 2. The van der Waals surface area contributed by atoms with E-state index in [1.165, 1.54) is 283 Å². The summed E-state index contributed by atoms with van der Waals surface area (Å²) in [7, 11) is 0. The van der Waals surface area contributed by atoms with Crippen molar-refractivity contribution in [2.75, 3.05) is 6.61 Å². The highest BCUT2D eigenvalue weighted by atomic mass is 16.3. The molecule has 0 aromatic rings. The molecule has 0 aromatic heterocycles. The van der Waals surface area contributed by atoms with Crippen LogP contribution in [-0.2, 0) is 4.79 Å². The molecule has 72 heavy (non-hydrogen) atoms. The first-order chi connectivity index (χ1) is 35.7. The van der Waals surface area contributed by atoms with Crippen molar-refractivity contribution in [3.63, 3.8) is 0 Å². The summed E-state index contributed by atoms with van der Waals surface area (Å²) in [5.41, 5.74) is 0. The molecule has 0 saturated carbocycles. The maximum absolute atomic E-state index is 12.5. The molecule has 0 bridgehead atoms. The number of hydrogen-bond donors (Lipinski definition) is 3. The zero-order valence-corrected chi connectivity index (χ0v) is 48.7. The van der Waals surface area contributed by atoms with Crippen LogP contribution in [0.2, 0.25) is 0 Å². The summed E-state index contributed by atoms with van der Waals surface area (Å²) in [5, 5.41) is 23.2. The Balaban J connectivity index is 3.48. The van der Waals surface area contributed by atoms with Gasteiger partial charge < -0.3 is 15.5 Å². The van der Waals surface area contributed by atoms with Crippen LogP contribution in [-0.4, -0.2) is 34.9 Å². The second-order valence-electron chi connectivity index (χ2n) is 22.2. The molecule has 0 aliphatic rings. The van der Waals surface area contributed by atoms with Crippen LogP contribution in [0, 0.1) is 0 Å². The maximum atomic E-state index is 12.5. The molecule has 2 unspecified atom stereocenters. The van der Waals surface area contributed by atoms with Gasteiger partial charge in [-0.15, -0.1) is 0 Å². The summed E-state index contributed by atoms with van der Waals surface area (Å²) in [6.45, 7) is 4.32. The Kier molecular flexibility index (Phi) is 61.7. The summed E-state index contributed by atoms with van der Waals surface area (Å²) in [5.74, 6) is -0.0692. The van der Waals surface area contributed by atoms with Crippen molar-refractivity contribution in [2.24, 2.45) is 0 Å². The molecule has 0 aliphatic carbocycles. The van der Waals surface area contributed by atoms with E-state index in [2.05, 4.69) is 67.8 Å². The topological polar surface area (TPSA) is 69.6 Å². The van der Waals surface area contributed by atoms with Crippen LogP contribution in [0.15, 0.2) is 60.8 Å². The summed E-state index contributed by atoms with van der Waals surface area (Å²) in [4.78, 5) is 12.5. The smallest absolute Gasteiger partial charge is 0.220 e. The van der Waals surface area contributed by atoms with Crippen molar-refractivity contribution in [3.05, 3.63) is 60.8 Å². The minimum absolute atomic E-state index is 0.0692. The Morgan fingerprint density at radius 2 is 0.583 bits per heavy atom. The molecule has 0 heterocycles. The largest absolute Gasteiger partial charge is 0.394 e. The number of allylic oxidation sites excluding steroid dienone is 9. The number of carbonyl (C=O) groups is 1. The average molecular weight is 1010 g/mol. The zero-order chi connectivity index (χ0) is 52.0. The lowest BCUT2D eigenvalue weighted by Gasteiger charge is -2.19. The first kappa shape index (κ1) is 70.1. The molecule has 4 heteroatoms. The van der Waals surface area contributed by atoms with Gasteiger partial charge in [-0.3, -0.25) is 4.79 Å². The maximum Gasteiger partial charge on any atom is 0.220 e. The van der Waals surface area contributed by atoms with Gasteiger partial charge in [-0.05, 0) is 70.6 Å². The molecule has 3 N–H and O–H groups in total. The van der Waals surface area contributed by atoms with E-state index in [9.17, 15) is 15.0 Å². The predicted molar refractivity (Wildman–Crippen MR) is 322 cm³/mol. The number of unbranched alkanes of at least 4 members (excludes halogenated alkanes) is 45. The molecule has 0 radical (unpaired) electrons. The molecule has 0 rings (SSSR count). The van der Waals surface area contributed by atoms with E-state index in [1.807, 2.05) is 6.08 Å². The Morgan fingerprint density at radius 1 is 0.333 bits per heavy atom. The van der Waals surface area contributed by atoms with Crippen LogP contribution in [0.5, 0.6) is 0 Å². The fourth-order valence-electron chi connectivity index (χ4n) is 10.0. The van der Waals surface area contributed by atoms with E-state index >= 15 is 0 Å². The number of nitrogens with one attached hydrogen (secondary N) is 1. The number of amides is 1. The van der Waals surface area contributed by atoms with Gasteiger partial charge in [-0.25, -0.2) is 0 Å². The quantitative estimate of drug-likeness (QED) is 0.0420. The minimum Gasteiger partial charge on any atom is -0.394 e. The van der Waals surface area contributed by atoms with Crippen molar-refractivity contribution >= 4 is 5.91 Å². The molecule has 2 atom stereocenters. The summed E-state index contributed by atoms with van der Waals surface area (Å²) in [6, 6.07) is -0.642. The van der Waals surface area contributed by atoms with Gasteiger partial charge in [0.2, 0.25) is 5.91 Å². The lowest BCUT2D eigenvalue weighted by atomic mass is 10.0. The van der Waals surface area contributed by atoms with Crippen molar-refractivity contribution < 1.29 is 15.0 Å². The van der Waals surface area contributed by atoms with Crippen molar-refractivity contribution in [3.8, 4) is 0 Å². The van der Waals surface area contributed by atoms with Gasteiger partial charge in [0.15, 0.2) is 0 Å². The van der Waals surface area contributed by atoms with Gasteiger partial charge in [0.1, 0.15) is 0 Å². The van der Waals surface area contributed by atoms with E-state index in [0.717, 1.165) is 44.9 Å². The fourth-order valence-corrected chi connectivity index (χ4v) is 10.0. The Labute approximate surface area is 451 Å². The highest BCUT2D eigenvalue weighted by Gasteiger charge is 2.18. The molecule has 0 fully saturated rings. The van der Waals surface area contributed by atoms with Gasteiger partial charge in [0, 0.05) is 6.42 Å². The van der Waals surface area contributed by atoms with E-state index in [4.69, 9.17) is 0 Å². The van der Waals surface area contributed by atoms with Gasteiger partial charge in [0.05, 0.1) is 18.8 Å². The molecule has 0 spiro atoms. The van der Waals surface area contributed by atoms with E-state index in [0.29, 0.717) is 6.42 Å². The molecular formula is C68H127NO3. The summed E-state index contributed by atoms with van der Waals surface area (Å²) in [6.07, 6.45) is 90.0. The molecule has 0 saturated heterocycles. The molecule has 4 nitrogen and oxygen atoms in total. The van der Waals surface area contributed by atoms with Crippen LogP contribution in [0.4, 0.5) is 0 Å². The second kappa shape index (κ2) is 63.4. The first-order valence-electron chi connectivity index (χ1n) is 32.5. The minimum atomic E-state index is -0.865. The number of aliphatic hydroxyl groups is 2. The first-order valence-corrected chi connectivity index (χ1v) is 32.5. The van der Waals surface area contributed by atoms with Crippen molar-refractivity contribution in [1.29, 1.82) is 0 Å². The average Bonchev–Trinajstić information content (AvgIpc) is 3.39. The number of hydrogen-bond acceptors (Lipinski definition) is 3. The van der Waals surface area contributed by atoms with E-state index in [-0.39, 0.29) is 12.5 Å². The summed E-state index contributed by atoms with van der Waals surface area (Å²) < 4.78 is 0. The standard InChI is InChI=1S/C68H127NO3/c1-3-5-7-9-11-13-15-17-19-21-23-25-27-29-31-32-33-34-35-36-38-40-42-44-46-48-50-52-54-56-58-60-62-64-68(72)69-66(65-70)67(71)63-61-59-57-55-53-51-49-47-45-43-41-39-37-30-28-26-24-22-20-18-16-14-12-10-8-6-4-2/h15,17,21,23,27,29,53,55,61,63,66-67,70-71H,3-14,16,18-20,22,24-26,28,30-52,54,56-60,62,64-65H2,1-2H3,(H,69,72)/b17-15-,23-21-,29-27-,55-53+,63-61+. The highest BCUT2D eigenvalue weighted by molar-refractivity contribution is 5.76. The molecule has 1 amide bonds. The van der Waals surface area contributed by atoms with Gasteiger partial charge >= 0.3 is 0 Å². The highest BCUT2D eigenvalue weighted by Crippen LogP contribution is 2.18. The fraction of sp³-hybridized carbons (Fsp3) is 0.838. The van der Waals surface area contributed by atoms with Crippen LogP contribution < -0.4 is 5.32 Å². The Morgan fingerprint density at radius 3 is 0.903 bits per heavy atom. The summed E-state index contributed by atoms with van der Waals surface area (Å²) >= 11 is 0. The third-order valence-corrected chi connectivity index (χ3v) is 15.0. The Bertz CT molecular complexity index is 1190. The normalized spacial score (nSPS) is 13.1. The third kappa shape index (κ3) is 59.0. The van der Waals surface area contributed by atoms with Gasteiger partial charge in [0.25, 0.3) is 0 Å². The second-order valence-corrected chi connectivity index (χ2v) is 22.2. The van der Waals surface area contributed by atoms with Crippen LogP contribution in [0.1, 0.15) is 348 Å². The Hall–Kier alpha value is -1.91. The lowest BCUT2D eigenvalue weighted by molar-refractivity contribution is -0.123.